The molecule has 4 aliphatic rings. The van der Waals surface area contributed by atoms with Crippen LogP contribution in [0.25, 0.3) is 110 Å². The largest absolute Gasteiger partial charge is 0.310 e. The molecule has 2 nitrogen and oxygen atoms in total. The molecule has 0 saturated carbocycles. The van der Waals surface area contributed by atoms with Crippen molar-refractivity contribution in [3.05, 3.63) is 478 Å². The predicted molar refractivity (Wildman–Crippen MR) is 510 cm³/mol. The molecule has 0 radical (unpaired) electrons. The van der Waals surface area contributed by atoms with Crippen molar-refractivity contribution in [2.24, 2.45) is 0 Å². The molecule has 576 valence electrons. The summed E-state index contributed by atoms with van der Waals surface area (Å²) in [5.74, 6) is 0. The Hall–Kier alpha value is -14.2. The SMILES string of the molecule is Cc1ccc(N(c2ccc3c(c2)C(C)(C)c2ccc4ccccc4c2-3)c2ccc3c(-c4ccc5c(c4)C(c4ccccc4)(c4ccccc4)c4ccccc4-5)c4cc(N(c5ccc(C(C)(C)C)cc5)c5ccc6c(c5)C(C)(C)c5ccc7ccccc7c5-6)ccc4c(-c4ccc5c(c4)C(c4ccccc4)(c4ccccc4)c4ccccc4-5)c3c2)cc1. The van der Waals surface area contributed by atoms with Crippen molar-refractivity contribution >= 4 is 77.2 Å². The molecule has 19 aromatic carbocycles. The quantitative estimate of drug-likeness (QED) is 0.113. The van der Waals surface area contributed by atoms with Crippen LogP contribution in [0.4, 0.5) is 34.1 Å². The van der Waals surface area contributed by atoms with Crippen molar-refractivity contribution < 1.29 is 0 Å². The number of hydrogen-bond acceptors (Lipinski definition) is 2. The molecule has 0 amide bonds. The van der Waals surface area contributed by atoms with E-state index >= 15 is 0 Å². The van der Waals surface area contributed by atoms with Gasteiger partial charge in [-0.25, -0.2) is 0 Å². The van der Waals surface area contributed by atoms with E-state index in [0.29, 0.717) is 0 Å². The fourth-order valence-electron chi connectivity index (χ4n) is 22.3. The summed E-state index contributed by atoms with van der Waals surface area (Å²) in [5.41, 5.74) is 37.2. The van der Waals surface area contributed by atoms with E-state index in [4.69, 9.17) is 0 Å². The molecule has 0 aromatic heterocycles. The second-order valence-corrected chi connectivity index (χ2v) is 36.2. The van der Waals surface area contributed by atoms with E-state index in [-0.39, 0.29) is 16.2 Å². The highest BCUT2D eigenvalue weighted by Gasteiger charge is 2.49. The zero-order valence-electron chi connectivity index (χ0n) is 69.5. The van der Waals surface area contributed by atoms with Gasteiger partial charge < -0.3 is 9.80 Å². The summed E-state index contributed by atoms with van der Waals surface area (Å²) >= 11 is 0. The summed E-state index contributed by atoms with van der Waals surface area (Å²) in [6.45, 7) is 18.8. The second kappa shape index (κ2) is 26.9. The van der Waals surface area contributed by atoms with Crippen LogP contribution in [0.1, 0.15) is 126 Å². The molecular weight excluding hydrogens is 1460 g/mol. The normalized spacial score (nSPS) is 14.4. The maximum absolute atomic E-state index is 2.60. The summed E-state index contributed by atoms with van der Waals surface area (Å²) < 4.78 is 0. The van der Waals surface area contributed by atoms with Gasteiger partial charge in [0.15, 0.2) is 0 Å². The van der Waals surface area contributed by atoms with E-state index in [1.807, 2.05) is 0 Å². The van der Waals surface area contributed by atoms with Crippen LogP contribution in [0.15, 0.2) is 400 Å². The Balaban J connectivity index is 0.846. The first-order valence-corrected chi connectivity index (χ1v) is 42.9. The van der Waals surface area contributed by atoms with E-state index in [9.17, 15) is 0 Å². The van der Waals surface area contributed by atoms with Gasteiger partial charge in [-0.3, -0.25) is 0 Å². The molecule has 0 N–H and O–H groups in total. The summed E-state index contributed by atoms with van der Waals surface area (Å²) in [6.07, 6.45) is 0. The topological polar surface area (TPSA) is 6.48 Å². The van der Waals surface area contributed by atoms with Crippen molar-refractivity contribution in [1.29, 1.82) is 0 Å². The lowest BCUT2D eigenvalue weighted by atomic mass is 9.67. The van der Waals surface area contributed by atoms with Gasteiger partial charge in [0.1, 0.15) is 0 Å². The van der Waals surface area contributed by atoms with Gasteiger partial charge in [-0.1, -0.05) is 369 Å². The molecule has 0 saturated heterocycles. The van der Waals surface area contributed by atoms with Crippen LogP contribution in [0, 0.1) is 6.92 Å². The van der Waals surface area contributed by atoms with E-state index in [0.717, 1.165) is 66.8 Å². The number of rotatable bonds is 12. The van der Waals surface area contributed by atoms with Crippen LogP contribution in [0.3, 0.4) is 0 Å². The lowest BCUT2D eigenvalue weighted by molar-refractivity contribution is 0.590. The van der Waals surface area contributed by atoms with E-state index < -0.39 is 10.8 Å². The summed E-state index contributed by atoms with van der Waals surface area (Å²) in [6, 6.07) is 154. The first-order chi connectivity index (χ1) is 59.1. The zero-order chi connectivity index (χ0) is 81.4. The standard InChI is InChI=1S/C119H90N2/c1-75-45-53-85(54-46-75)120(89-59-65-99-107(73-89)116(5,6)105-67-49-76-29-21-23-39-91(76)113(99)105)87-57-63-97-101(71-87)111(78-47-61-95-93-41-25-27-43-103(93)118(109(95)69-78,81-31-13-9-14-32-81)82-33-15-10-16-34-82)98-64-58-88(72-102(98)112(97)79-48-62-96-94-42-26-28-44-104(94)119(110(96)70-79,83-35-17-11-18-36-83)84-37-19-12-20-38-84)121(86-55-51-80(52-56-86)115(2,3)4)90-60-66-100-108(74-90)117(7,8)106-68-50-77-30-22-24-40-92(77)114(100)106/h9-74H,1-8H3. The molecular formula is C119H90N2. The molecule has 2 heteroatoms. The third-order valence-corrected chi connectivity index (χ3v) is 28.0. The Morgan fingerprint density at radius 3 is 0.950 bits per heavy atom. The van der Waals surface area contributed by atoms with E-state index in [1.165, 1.54) is 155 Å². The Morgan fingerprint density at radius 2 is 0.545 bits per heavy atom. The van der Waals surface area contributed by atoms with Gasteiger partial charge in [0, 0.05) is 45.0 Å². The maximum atomic E-state index is 2.60. The van der Waals surface area contributed by atoms with Crippen molar-refractivity contribution in [1.82, 2.24) is 0 Å². The predicted octanol–water partition coefficient (Wildman–Crippen LogP) is 31.5. The van der Waals surface area contributed by atoms with E-state index in [1.54, 1.807) is 0 Å². The lowest BCUT2D eigenvalue weighted by Crippen LogP contribution is -2.28. The molecule has 0 heterocycles. The molecule has 19 aromatic rings. The minimum Gasteiger partial charge on any atom is -0.310 e. The first kappa shape index (κ1) is 72.1. The van der Waals surface area contributed by atoms with Crippen molar-refractivity contribution in [3.63, 3.8) is 0 Å². The van der Waals surface area contributed by atoms with Crippen LogP contribution in [0.5, 0.6) is 0 Å². The number of aryl methyl sites for hydroxylation is 1. The average molecular weight is 1550 g/mol. The first-order valence-electron chi connectivity index (χ1n) is 42.9. The third-order valence-electron chi connectivity index (χ3n) is 28.0. The summed E-state index contributed by atoms with van der Waals surface area (Å²) in [7, 11) is 0. The van der Waals surface area contributed by atoms with E-state index in [2.05, 4.69) is 466 Å². The van der Waals surface area contributed by atoms with Gasteiger partial charge in [-0.05, 0) is 279 Å². The Morgan fingerprint density at radius 1 is 0.215 bits per heavy atom. The number of fused-ring (bicyclic) bond motifs is 18. The van der Waals surface area contributed by atoms with Gasteiger partial charge in [0.05, 0.1) is 10.8 Å². The Labute approximate surface area is 709 Å². The molecule has 0 fully saturated rings. The van der Waals surface area contributed by atoms with Gasteiger partial charge in [0.25, 0.3) is 0 Å². The number of hydrogen-bond donors (Lipinski definition) is 0. The van der Waals surface area contributed by atoms with Crippen molar-refractivity contribution in [3.8, 4) is 66.8 Å². The van der Waals surface area contributed by atoms with Crippen molar-refractivity contribution in [2.75, 3.05) is 9.80 Å². The van der Waals surface area contributed by atoms with Gasteiger partial charge in [-0.15, -0.1) is 0 Å². The minimum atomic E-state index is -0.670. The van der Waals surface area contributed by atoms with Gasteiger partial charge >= 0.3 is 0 Å². The average Bonchev–Trinajstić information content (AvgIpc) is 1.59. The smallest absolute Gasteiger partial charge is 0.0713 e. The number of anilines is 6. The molecule has 121 heavy (non-hydrogen) atoms. The molecule has 0 spiro atoms. The Bertz CT molecular complexity index is 7210. The number of benzene rings is 19. The summed E-state index contributed by atoms with van der Waals surface area (Å²) in [4.78, 5) is 5.08. The third kappa shape index (κ3) is 10.6. The van der Waals surface area contributed by atoms with Gasteiger partial charge in [-0.2, -0.15) is 0 Å². The fraction of sp³-hybridized carbons (Fsp3) is 0.109. The maximum Gasteiger partial charge on any atom is 0.0713 e. The fourth-order valence-corrected chi connectivity index (χ4v) is 22.3. The van der Waals surface area contributed by atoms with Crippen LogP contribution in [-0.2, 0) is 27.1 Å². The molecule has 0 unspecified atom stereocenters. The second-order valence-electron chi connectivity index (χ2n) is 36.2. The van der Waals surface area contributed by atoms with Crippen LogP contribution < -0.4 is 9.80 Å². The van der Waals surface area contributed by atoms with Crippen LogP contribution in [0.2, 0.25) is 0 Å². The zero-order valence-corrected chi connectivity index (χ0v) is 69.5. The van der Waals surface area contributed by atoms with Gasteiger partial charge in [0.2, 0.25) is 0 Å². The van der Waals surface area contributed by atoms with Crippen LogP contribution in [-0.4, -0.2) is 0 Å². The van der Waals surface area contributed by atoms with Crippen LogP contribution >= 0.6 is 0 Å². The molecule has 23 rings (SSSR count). The molecule has 0 aliphatic heterocycles. The minimum absolute atomic E-state index is 0.0692. The molecule has 0 bridgehead atoms. The molecule has 0 atom stereocenters. The lowest BCUT2D eigenvalue weighted by Gasteiger charge is -2.34. The molecule has 4 aliphatic carbocycles. The highest BCUT2D eigenvalue weighted by Crippen LogP contribution is 2.62. The highest BCUT2D eigenvalue weighted by atomic mass is 15.1. The van der Waals surface area contributed by atoms with Crippen molar-refractivity contribution in [2.45, 2.75) is 82.5 Å². The Kier molecular flexibility index (Phi) is 16.0. The highest BCUT2D eigenvalue weighted by molar-refractivity contribution is 6.23. The monoisotopic (exact) mass is 1550 g/mol. The number of nitrogens with zero attached hydrogens (tertiary/aromatic N) is 2. The summed E-state index contributed by atoms with van der Waals surface area (Å²) in [5, 5.41) is 9.69.